The van der Waals surface area contributed by atoms with E-state index in [9.17, 15) is 13.2 Å². The Balaban J connectivity index is 1.88. The summed E-state index contributed by atoms with van der Waals surface area (Å²) in [5, 5.41) is 2.76. The second-order valence-electron chi connectivity index (χ2n) is 5.96. The van der Waals surface area contributed by atoms with E-state index in [0.29, 0.717) is 43.2 Å². The SMILES string of the molecule is Cc1ccc(NC(=O)c2cccn2C)cc1S(=O)(=O)N1CCOCC1. The van der Waals surface area contributed by atoms with Gasteiger partial charge in [0.2, 0.25) is 10.0 Å². The van der Waals surface area contributed by atoms with Gasteiger partial charge in [0.25, 0.3) is 5.91 Å². The van der Waals surface area contributed by atoms with Crippen LogP contribution in [0, 0.1) is 6.92 Å². The van der Waals surface area contributed by atoms with Crippen molar-refractivity contribution in [3.05, 3.63) is 47.8 Å². The minimum absolute atomic E-state index is 0.207. The number of hydrogen-bond acceptors (Lipinski definition) is 4. The first-order valence-electron chi connectivity index (χ1n) is 8.01. The fraction of sp³-hybridized carbons (Fsp3) is 0.353. The molecule has 0 atom stereocenters. The van der Waals surface area contributed by atoms with Crippen LogP contribution in [0.4, 0.5) is 5.69 Å². The molecule has 1 aliphatic rings. The summed E-state index contributed by atoms with van der Waals surface area (Å²) in [6.07, 6.45) is 1.78. The molecule has 0 aliphatic carbocycles. The van der Waals surface area contributed by atoms with Crippen molar-refractivity contribution in [3.63, 3.8) is 0 Å². The van der Waals surface area contributed by atoms with Gasteiger partial charge in [-0.2, -0.15) is 4.31 Å². The van der Waals surface area contributed by atoms with Gasteiger partial charge in [-0.15, -0.1) is 0 Å². The topological polar surface area (TPSA) is 80.6 Å². The van der Waals surface area contributed by atoms with Gasteiger partial charge in [-0.05, 0) is 36.8 Å². The number of aromatic nitrogens is 1. The lowest BCUT2D eigenvalue weighted by Gasteiger charge is -2.26. The number of nitrogens with one attached hydrogen (secondary N) is 1. The third-order valence-corrected chi connectivity index (χ3v) is 6.25. The molecule has 0 saturated carbocycles. The molecule has 1 aromatic carbocycles. The second-order valence-corrected chi connectivity index (χ2v) is 7.86. The minimum Gasteiger partial charge on any atom is -0.379 e. The lowest BCUT2D eigenvalue weighted by molar-refractivity contribution is 0.0730. The van der Waals surface area contributed by atoms with Crippen LogP contribution in [0.15, 0.2) is 41.4 Å². The van der Waals surface area contributed by atoms with Crippen molar-refractivity contribution >= 4 is 21.6 Å². The Morgan fingerprint density at radius 1 is 1.20 bits per heavy atom. The molecule has 1 N–H and O–H groups in total. The smallest absolute Gasteiger partial charge is 0.272 e. The number of amides is 1. The number of benzene rings is 1. The molecular formula is C17H21N3O4S. The molecule has 1 aromatic heterocycles. The van der Waals surface area contributed by atoms with Crippen molar-refractivity contribution in [1.82, 2.24) is 8.87 Å². The maximum Gasteiger partial charge on any atom is 0.272 e. The summed E-state index contributed by atoms with van der Waals surface area (Å²) in [5.41, 5.74) is 1.59. The second kappa shape index (κ2) is 6.99. The molecule has 0 unspecified atom stereocenters. The van der Waals surface area contributed by atoms with Crippen LogP contribution in [0.1, 0.15) is 16.1 Å². The van der Waals surface area contributed by atoms with Crippen LogP contribution in [-0.2, 0) is 21.8 Å². The molecule has 8 heteroatoms. The Labute approximate surface area is 147 Å². The summed E-state index contributed by atoms with van der Waals surface area (Å²) in [7, 11) is -1.84. The molecule has 1 fully saturated rings. The summed E-state index contributed by atoms with van der Waals surface area (Å²) in [4.78, 5) is 12.5. The highest BCUT2D eigenvalue weighted by molar-refractivity contribution is 7.89. The molecule has 1 aliphatic heterocycles. The number of carbonyl (C=O) groups excluding carboxylic acids is 1. The Morgan fingerprint density at radius 3 is 2.56 bits per heavy atom. The Morgan fingerprint density at radius 2 is 1.92 bits per heavy atom. The van der Waals surface area contributed by atoms with Crippen molar-refractivity contribution in [1.29, 1.82) is 0 Å². The highest BCUT2D eigenvalue weighted by Crippen LogP contribution is 2.24. The number of ether oxygens (including phenoxy) is 1. The number of aryl methyl sites for hydroxylation is 2. The van der Waals surface area contributed by atoms with E-state index in [4.69, 9.17) is 4.74 Å². The fourth-order valence-electron chi connectivity index (χ4n) is 2.77. The van der Waals surface area contributed by atoms with Crippen LogP contribution in [0.25, 0.3) is 0 Å². The summed E-state index contributed by atoms with van der Waals surface area (Å²) in [6, 6.07) is 8.40. The first-order chi connectivity index (χ1) is 11.9. The van der Waals surface area contributed by atoms with Gasteiger partial charge < -0.3 is 14.6 Å². The van der Waals surface area contributed by atoms with Gasteiger partial charge in [-0.3, -0.25) is 4.79 Å². The average molecular weight is 363 g/mol. The summed E-state index contributed by atoms with van der Waals surface area (Å²) >= 11 is 0. The number of carbonyl (C=O) groups is 1. The molecule has 0 spiro atoms. The quantitative estimate of drug-likeness (QED) is 0.895. The summed E-state index contributed by atoms with van der Waals surface area (Å²) < 4.78 is 34.1. The minimum atomic E-state index is -3.62. The molecular weight excluding hydrogens is 342 g/mol. The average Bonchev–Trinajstić information content (AvgIpc) is 3.03. The van der Waals surface area contributed by atoms with Crippen LogP contribution >= 0.6 is 0 Å². The van der Waals surface area contributed by atoms with E-state index in [0.717, 1.165) is 0 Å². The van der Waals surface area contributed by atoms with E-state index in [1.165, 1.54) is 10.4 Å². The van der Waals surface area contributed by atoms with E-state index < -0.39 is 10.0 Å². The van der Waals surface area contributed by atoms with Gasteiger partial charge in [0.15, 0.2) is 0 Å². The molecule has 0 radical (unpaired) electrons. The van der Waals surface area contributed by atoms with Gasteiger partial charge >= 0.3 is 0 Å². The van der Waals surface area contributed by atoms with Crippen molar-refractivity contribution in [2.45, 2.75) is 11.8 Å². The predicted octanol–water partition coefficient (Wildman–Crippen LogP) is 1.61. The molecule has 25 heavy (non-hydrogen) atoms. The lowest BCUT2D eigenvalue weighted by atomic mass is 10.2. The van der Waals surface area contributed by atoms with E-state index in [-0.39, 0.29) is 10.8 Å². The number of morpholine rings is 1. The molecule has 2 heterocycles. The highest BCUT2D eigenvalue weighted by Gasteiger charge is 2.28. The molecule has 1 amide bonds. The summed E-state index contributed by atoms with van der Waals surface area (Å²) in [5.74, 6) is -0.286. The third kappa shape index (κ3) is 3.60. The Bertz CT molecular complexity index is 883. The molecule has 1 saturated heterocycles. The van der Waals surface area contributed by atoms with E-state index >= 15 is 0 Å². The molecule has 2 aromatic rings. The lowest BCUT2D eigenvalue weighted by Crippen LogP contribution is -2.40. The number of sulfonamides is 1. The Kier molecular flexibility index (Phi) is 4.94. The van der Waals surface area contributed by atoms with Crippen molar-refractivity contribution in [2.75, 3.05) is 31.6 Å². The van der Waals surface area contributed by atoms with Crippen molar-refractivity contribution < 1.29 is 17.9 Å². The normalized spacial score (nSPS) is 15.9. The van der Waals surface area contributed by atoms with Gasteiger partial charge in [-0.25, -0.2) is 8.42 Å². The van der Waals surface area contributed by atoms with Crippen LogP contribution in [0.2, 0.25) is 0 Å². The van der Waals surface area contributed by atoms with Crippen LogP contribution < -0.4 is 5.32 Å². The highest BCUT2D eigenvalue weighted by atomic mass is 32.2. The van der Waals surface area contributed by atoms with Crippen molar-refractivity contribution in [2.24, 2.45) is 7.05 Å². The Hall–Kier alpha value is -2.16. The third-order valence-electron chi connectivity index (χ3n) is 4.21. The number of hydrogen-bond donors (Lipinski definition) is 1. The summed E-state index contributed by atoms with van der Waals surface area (Å²) in [6.45, 7) is 3.20. The largest absolute Gasteiger partial charge is 0.379 e. The predicted molar refractivity (Wildman–Crippen MR) is 94.1 cm³/mol. The van der Waals surface area contributed by atoms with Gasteiger partial charge in [0, 0.05) is 32.0 Å². The number of rotatable bonds is 4. The molecule has 3 rings (SSSR count). The zero-order valence-electron chi connectivity index (χ0n) is 14.2. The standard InChI is InChI=1S/C17H21N3O4S/c1-13-5-6-14(18-17(21)15-4-3-7-19(15)2)12-16(13)25(22,23)20-8-10-24-11-9-20/h3-7,12H,8-11H2,1-2H3,(H,18,21). The van der Waals surface area contributed by atoms with Crippen LogP contribution in [-0.4, -0.2) is 49.5 Å². The van der Waals surface area contributed by atoms with Crippen LogP contribution in [0.3, 0.4) is 0 Å². The molecule has 0 bridgehead atoms. The fourth-order valence-corrected chi connectivity index (χ4v) is 4.43. The van der Waals surface area contributed by atoms with Gasteiger partial charge in [-0.1, -0.05) is 6.07 Å². The first kappa shape index (κ1) is 17.7. The van der Waals surface area contributed by atoms with E-state index in [2.05, 4.69) is 5.32 Å². The number of nitrogens with zero attached hydrogens (tertiary/aromatic N) is 2. The first-order valence-corrected chi connectivity index (χ1v) is 9.45. The monoisotopic (exact) mass is 363 g/mol. The maximum atomic E-state index is 12.9. The number of anilines is 1. The molecule has 7 nitrogen and oxygen atoms in total. The molecule has 134 valence electrons. The van der Waals surface area contributed by atoms with Gasteiger partial charge in [0.1, 0.15) is 5.69 Å². The zero-order chi connectivity index (χ0) is 18.0. The van der Waals surface area contributed by atoms with E-state index in [1.807, 2.05) is 0 Å². The van der Waals surface area contributed by atoms with Crippen LogP contribution in [0.5, 0.6) is 0 Å². The van der Waals surface area contributed by atoms with Gasteiger partial charge in [0.05, 0.1) is 18.1 Å². The van der Waals surface area contributed by atoms with Crippen molar-refractivity contribution in [3.8, 4) is 0 Å². The van der Waals surface area contributed by atoms with E-state index in [1.54, 1.807) is 49.0 Å². The zero-order valence-corrected chi connectivity index (χ0v) is 15.0. The maximum absolute atomic E-state index is 12.9.